The quantitative estimate of drug-likeness (QED) is 0.368. The molecule has 2 heteroatoms. The number of hydrogen-bond acceptors (Lipinski definition) is 2. The van der Waals surface area contributed by atoms with Crippen molar-refractivity contribution in [1.29, 1.82) is 0 Å². The van der Waals surface area contributed by atoms with E-state index < -0.39 is 0 Å². The topological polar surface area (TPSA) is 26.3 Å². The van der Waals surface area contributed by atoms with E-state index >= 15 is 0 Å². The molecule has 2 nitrogen and oxygen atoms in total. The van der Waals surface area contributed by atoms with Crippen molar-refractivity contribution in [2.24, 2.45) is 0 Å². The number of cyclic esters (lactones) is 1. The van der Waals surface area contributed by atoms with Crippen LogP contribution in [0.4, 0.5) is 0 Å². The van der Waals surface area contributed by atoms with E-state index in [0.29, 0.717) is 18.6 Å². The van der Waals surface area contributed by atoms with Crippen molar-refractivity contribution in [2.75, 3.05) is 0 Å². The highest BCUT2D eigenvalue weighted by molar-refractivity contribution is 5.73. The SMILES string of the molecule is CCCCC#CC=C1CCC(=O)O1. The maximum Gasteiger partial charge on any atom is 0.311 e. The van der Waals surface area contributed by atoms with Gasteiger partial charge in [-0.1, -0.05) is 25.2 Å². The molecule has 1 aliphatic rings. The molecule has 0 bridgehead atoms. The summed E-state index contributed by atoms with van der Waals surface area (Å²) in [6.45, 7) is 2.14. The number of ether oxygens (including phenoxy) is 1. The molecule has 0 atom stereocenters. The fourth-order valence-electron chi connectivity index (χ4n) is 1.04. The number of hydrogen-bond donors (Lipinski definition) is 0. The summed E-state index contributed by atoms with van der Waals surface area (Å²) in [5.41, 5.74) is 0. The Hall–Kier alpha value is -1.23. The maximum absolute atomic E-state index is 10.7. The number of rotatable bonds is 2. The van der Waals surface area contributed by atoms with E-state index in [0.717, 1.165) is 12.8 Å². The molecular formula is C11H14O2. The number of allylic oxidation sites excluding steroid dienone is 2. The van der Waals surface area contributed by atoms with Gasteiger partial charge in [0.15, 0.2) is 0 Å². The molecule has 0 aromatic carbocycles. The lowest BCUT2D eigenvalue weighted by molar-refractivity contribution is -0.135. The average Bonchev–Trinajstić information content (AvgIpc) is 2.51. The van der Waals surface area contributed by atoms with Gasteiger partial charge in [-0.15, -0.1) is 0 Å². The molecule has 0 amide bonds. The minimum Gasteiger partial charge on any atom is -0.430 e. The molecule has 13 heavy (non-hydrogen) atoms. The van der Waals surface area contributed by atoms with Crippen molar-refractivity contribution in [3.8, 4) is 11.8 Å². The van der Waals surface area contributed by atoms with Crippen LogP contribution < -0.4 is 0 Å². The lowest BCUT2D eigenvalue weighted by Gasteiger charge is -1.89. The summed E-state index contributed by atoms with van der Waals surface area (Å²) < 4.78 is 4.89. The van der Waals surface area contributed by atoms with E-state index in [1.54, 1.807) is 6.08 Å². The van der Waals surface area contributed by atoms with Gasteiger partial charge in [-0.25, -0.2) is 0 Å². The first kappa shape index (κ1) is 9.85. The molecule has 1 saturated heterocycles. The van der Waals surface area contributed by atoms with E-state index in [1.165, 1.54) is 6.42 Å². The highest BCUT2D eigenvalue weighted by Gasteiger charge is 2.15. The molecule has 0 spiro atoms. The van der Waals surface area contributed by atoms with Gasteiger partial charge in [-0.2, -0.15) is 0 Å². The predicted octanol–water partition coefficient (Wildman–Crippen LogP) is 2.40. The summed E-state index contributed by atoms with van der Waals surface area (Å²) in [7, 11) is 0. The Labute approximate surface area is 79.0 Å². The summed E-state index contributed by atoms with van der Waals surface area (Å²) in [5, 5.41) is 0. The van der Waals surface area contributed by atoms with Crippen LogP contribution in [-0.2, 0) is 9.53 Å². The van der Waals surface area contributed by atoms with Crippen LogP contribution >= 0.6 is 0 Å². The summed E-state index contributed by atoms with van der Waals surface area (Å²) in [6, 6.07) is 0. The van der Waals surface area contributed by atoms with Crippen LogP contribution in [0.25, 0.3) is 0 Å². The van der Waals surface area contributed by atoms with Crippen molar-refractivity contribution in [1.82, 2.24) is 0 Å². The Kier molecular flexibility index (Phi) is 4.11. The van der Waals surface area contributed by atoms with Gasteiger partial charge in [0.05, 0.1) is 6.42 Å². The van der Waals surface area contributed by atoms with Crippen LogP contribution in [-0.4, -0.2) is 5.97 Å². The summed E-state index contributed by atoms with van der Waals surface area (Å²) >= 11 is 0. The second-order valence-electron chi connectivity index (χ2n) is 3.01. The Balaban J connectivity index is 2.29. The third-order valence-corrected chi connectivity index (χ3v) is 1.81. The van der Waals surface area contributed by atoms with Crippen LogP contribution in [0, 0.1) is 11.8 Å². The van der Waals surface area contributed by atoms with Crippen LogP contribution in [0.2, 0.25) is 0 Å². The van der Waals surface area contributed by atoms with Gasteiger partial charge in [-0.05, 0) is 6.42 Å². The van der Waals surface area contributed by atoms with E-state index in [-0.39, 0.29) is 5.97 Å². The first-order valence-electron chi connectivity index (χ1n) is 4.71. The van der Waals surface area contributed by atoms with Crippen molar-refractivity contribution in [2.45, 2.75) is 39.0 Å². The van der Waals surface area contributed by atoms with Gasteiger partial charge >= 0.3 is 5.97 Å². The number of unbranched alkanes of at least 4 members (excludes halogenated alkanes) is 2. The Bertz CT molecular complexity index is 266. The van der Waals surface area contributed by atoms with Gasteiger partial charge < -0.3 is 4.74 Å². The zero-order chi connectivity index (χ0) is 9.52. The van der Waals surface area contributed by atoms with Crippen molar-refractivity contribution >= 4 is 5.97 Å². The van der Waals surface area contributed by atoms with Crippen molar-refractivity contribution in [3.63, 3.8) is 0 Å². The van der Waals surface area contributed by atoms with Crippen molar-refractivity contribution in [3.05, 3.63) is 11.8 Å². The second kappa shape index (κ2) is 5.42. The first-order valence-corrected chi connectivity index (χ1v) is 4.71. The molecule has 1 heterocycles. The minimum absolute atomic E-state index is 0.137. The molecule has 1 fully saturated rings. The lowest BCUT2D eigenvalue weighted by Crippen LogP contribution is -1.88. The number of carbonyl (C=O) groups is 1. The standard InChI is InChI=1S/C11H14O2/c1-2-3-4-5-6-7-10-8-9-11(12)13-10/h7H,2-4,8-9H2,1H3. The summed E-state index contributed by atoms with van der Waals surface area (Å²) in [4.78, 5) is 10.7. The predicted molar refractivity (Wildman–Crippen MR) is 50.7 cm³/mol. The molecule has 0 radical (unpaired) electrons. The molecule has 70 valence electrons. The summed E-state index contributed by atoms with van der Waals surface area (Å²) in [5.74, 6) is 6.48. The third kappa shape index (κ3) is 3.80. The molecule has 0 saturated carbocycles. The molecule has 0 aromatic heterocycles. The Morgan fingerprint density at radius 1 is 1.54 bits per heavy atom. The minimum atomic E-state index is -0.137. The zero-order valence-electron chi connectivity index (χ0n) is 7.93. The van der Waals surface area contributed by atoms with Gasteiger partial charge in [0.1, 0.15) is 5.76 Å². The van der Waals surface area contributed by atoms with Crippen molar-refractivity contribution < 1.29 is 9.53 Å². The largest absolute Gasteiger partial charge is 0.430 e. The second-order valence-corrected chi connectivity index (χ2v) is 3.01. The van der Waals surface area contributed by atoms with Gasteiger partial charge in [0.25, 0.3) is 0 Å². The summed E-state index contributed by atoms with van der Waals surface area (Å²) in [6.07, 6.45) is 6.15. The van der Waals surface area contributed by atoms with Gasteiger partial charge in [-0.3, -0.25) is 4.79 Å². The van der Waals surface area contributed by atoms with E-state index in [1.807, 2.05) is 0 Å². The zero-order valence-corrected chi connectivity index (χ0v) is 7.93. The fourth-order valence-corrected chi connectivity index (χ4v) is 1.04. The highest BCUT2D eigenvalue weighted by Crippen LogP contribution is 2.16. The number of carbonyl (C=O) groups excluding carboxylic acids is 1. The maximum atomic E-state index is 10.7. The van der Waals surface area contributed by atoms with Crippen LogP contribution in [0.5, 0.6) is 0 Å². The molecule has 0 aromatic rings. The van der Waals surface area contributed by atoms with E-state index in [2.05, 4.69) is 18.8 Å². The molecule has 1 aliphatic heterocycles. The lowest BCUT2D eigenvalue weighted by atomic mass is 10.2. The van der Waals surface area contributed by atoms with E-state index in [4.69, 9.17) is 4.74 Å². The monoisotopic (exact) mass is 178 g/mol. The van der Waals surface area contributed by atoms with E-state index in [9.17, 15) is 4.79 Å². The average molecular weight is 178 g/mol. The Morgan fingerprint density at radius 3 is 3.00 bits per heavy atom. The normalized spacial score (nSPS) is 18.2. The van der Waals surface area contributed by atoms with Crippen LogP contribution in [0.3, 0.4) is 0 Å². The molecule has 0 N–H and O–H groups in total. The Morgan fingerprint density at radius 2 is 2.38 bits per heavy atom. The molecule has 0 aliphatic carbocycles. The van der Waals surface area contributed by atoms with Gasteiger partial charge in [0.2, 0.25) is 0 Å². The highest BCUT2D eigenvalue weighted by atomic mass is 16.5. The first-order chi connectivity index (χ1) is 6.33. The fraction of sp³-hybridized carbons (Fsp3) is 0.545. The molecule has 1 rings (SSSR count). The molecular weight excluding hydrogens is 164 g/mol. The van der Waals surface area contributed by atoms with Crippen LogP contribution in [0.1, 0.15) is 39.0 Å². The smallest absolute Gasteiger partial charge is 0.311 e. The van der Waals surface area contributed by atoms with Gasteiger partial charge in [0, 0.05) is 18.9 Å². The third-order valence-electron chi connectivity index (χ3n) is 1.81. The van der Waals surface area contributed by atoms with Crippen LogP contribution in [0.15, 0.2) is 11.8 Å². The number of esters is 1. The molecule has 0 unspecified atom stereocenters.